The van der Waals surface area contributed by atoms with Crippen LogP contribution in [-0.2, 0) is 4.79 Å². The van der Waals surface area contributed by atoms with Crippen LogP contribution in [0.4, 0.5) is 0 Å². The van der Waals surface area contributed by atoms with Gasteiger partial charge < -0.3 is 16.0 Å². The van der Waals surface area contributed by atoms with Crippen LogP contribution in [0.2, 0.25) is 0 Å². The molecule has 0 radical (unpaired) electrons. The van der Waals surface area contributed by atoms with Crippen molar-refractivity contribution in [2.24, 2.45) is 5.73 Å². The van der Waals surface area contributed by atoms with Gasteiger partial charge in [0.15, 0.2) is 0 Å². The van der Waals surface area contributed by atoms with Crippen LogP contribution in [0, 0.1) is 0 Å². The number of carbonyl (C=O) groups excluding carboxylic acids is 1. The first-order valence-electron chi connectivity index (χ1n) is 10.6. The molecule has 0 bridgehead atoms. The van der Waals surface area contributed by atoms with Crippen LogP contribution in [0.3, 0.4) is 0 Å². The molecule has 0 aliphatic carbocycles. The first-order valence-corrected chi connectivity index (χ1v) is 10.6. The number of nitrogens with zero attached hydrogens (tertiary/aromatic N) is 1. The van der Waals surface area contributed by atoms with Crippen LogP contribution in [-0.4, -0.2) is 43.5 Å². The fourth-order valence-corrected chi connectivity index (χ4v) is 3.06. The van der Waals surface area contributed by atoms with Gasteiger partial charge in [-0.3, -0.25) is 4.79 Å². The van der Waals surface area contributed by atoms with E-state index in [0.29, 0.717) is 0 Å². The number of nitrogens with two attached hydrogens (primary N) is 1. The summed E-state index contributed by atoms with van der Waals surface area (Å²) in [6.07, 6.45) is 17.1. The van der Waals surface area contributed by atoms with Gasteiger partial charge in [0.05, 0.1) is 0 Å². The monoisotopic (exact) mass is 353 g/mol. The number of hydrogen-bond donors (Lipinski definition) is 2. The van der Waals surface area contributed by atoms with Crippen molar-refractivity contribution >= 4 is 5.91 Å². The summed E-state index contributed by atoms with van der Waals surface area (Å²) in [5.41, 5.74) is 5.65. The van der Waals surface area contributed by atoms with Crippen LogP contribution < -0.4 is 11.1 Å². The molecule has 0 spiro atoms. The van der Waals surface area contributed by atoms with Crippen molar-refractivity contribution < 1.29 is 4.79 Å². The summed E-state index contributed by atoms with van der Waals surface area (Å²) in [7, 11) is 0. The summed E-state index contributed by atoms with van der Waals surface area (Å²) in [6, 6.07) is 0. The maximum Gasteiger partial charge on any atom is 0.243 e. The van der Waals surface area contributed by atoms with Crippen LogP contribution in [0.5, 0.6) is 0 Å². The SMILES string of the molecule is C=CC(=O)NCCCN(CCCN)CCCCCCCCCCCC. The van der Waals surface area contributed by atoms with Crippen molar-refractivity contribution in [1.29, 1.82) is 0 Å². The van der Waals surface area contributed by atoms with E-state index >= 15 is 0 Å². The topological polar surface area (TPSA) is 58.4 Å². The molecule has 148 valence electrons. The van der Waals surface area contributed by atoms with Crippen LogP contribution in [0.15, 0.2) is 12.7 Å². The van der Waals surface area contributed by atoms with Gasteiger partial charge in [0.1, 0.15) is 0 Å². The van der Waals surface area contributed by atoms with Crippen LogP contribution >= 0.6 is 0 Å². The lowest BCUT2D eigenvalue weighted by atomic mass is 10.1. The maximum atomic E-state index is 11.1. The molecule has 0 saturated heterocycles. The smallest absolute Gasteiger partial charge is 0.243 e. The van der Waals surface area contributed by atoms with Gasteiger partial charge in [0.2, 0.25) is 5.91 Å². The van der Waals surface area contributed by atoms with Crippen molar-refractivity contribution in [1.82, 2.24) is 10.2 Å². The highest BCUT2D eigenvalue weighted by molar-refractivity contribution is 5.86. The number of amides is 1. The minimum atomic E-state index is -0.0804. The van der Waals surface area contributed by atoms with Crippen molar-refractivity contribution in [3.63, 3.8) is 0 Å². The molecule has 0 unspecified atom stereocenters. The average Bonchev–Trinajstić information content (AvgIpc) is 2.63. The molecule has 0 aliphatic rings. The number of rotatable bonds is 19. The van der Waals surface area contributed by atoms with Crippen molar-refractivity contribution in [3.8, 4) is 0 Å². The molecule has 3 N–H and O–H groups in total. The summed E-state index contributed by atoms with van der Waals surface area (Å²) in [5, 5.41) is 2.84. The fraction of sp³-hybridized carbons (Fsp3) is 0.857. The third-order valence-electron chi connectivity index (χ3n) is 4.64. The lowest BCUT2D eigenvalue weighted by Gasteiger charge is -2.22. The molecule has 0 fully saturated rings. The van der Waals surface area contributed by atoms with Crippen molar-refractivity contribution in [2.75, 3.05) is 32.7 Å². The largest absolute Gasteiger partial charge is 0.353 e. The summed E-state index contributed by atoms with van der Waals surface area (Å²) in [5.74, 6) is -0.0804. The van der Waals surface area contributed by atoms with Gasteiger partial charge in [-0.1, -0.05) is 71.3 Å². The van der Waals surface area contributed by atoms with Crippen molar-refractivity contribution in [3.05, 3.63) is 12.7 Å². The van der Waals surface area contributed by atoms with E-state index in [1.54, 1.807) is 0 Å². The second-order valence-corrected chi connectivity index (χ2v) is 7.01. The third kappa shape index (κ3) is 17.7. The molecule has 0 rings (SSSR count). The Hall–Kier alpha value is -0.870. The molecule has 4 nitrogen and oxygen atoms in total. The van der Waals surface area contributed by atoms with E-state index in [2.05, 4.69) is 23.7 Å². The zero-order chi connectivity index (χ0) is 18.6. The van der Waals surface area contributed by atoms with Crippen molar-refractivity contribution in [2.45, 2.75) is 84.0 Å². The Morgan fingerprint density at radius 2 is 1.40 bits per heavy atom. The molecule has 4 heteroatoms. The summed E-state index contributed by atoms with van der Waals surface area (Å²) in [4.78, 5) is 13.6. The summed E-state index contributed by atoms with van der Waals surface area (Å²) >= 11 is 0. The number of nitrogens with one attached hydrogen (secondary N) is 1. The molecular weight excluding hydrogens is 310 g/mol. The van der Waals surface area contributed by atoms with E-state index < -0.39 is 0 Å². The quantitative estimate of drug-likeness (QED) is 0.270. The van der Waals surface area contributed by atoms with E-state index in [1.165, 1.54) is 70.3 Å². The zero-order valence-corrected chi connectivity index (χ0v) is 16.7. The zero-order valence-electron chi connectivity index (χ0n) is 16.7. The third-order valence-corrected chi connectivity index (χ3v) is 4.64. The second-order valence-electron chi connectivity index (χ2n) is 7.01. The Morgan fingerprint density at radius 3 is 1.96 bits per heavy atom. The van der Waals surface area contributed by atoms with E-state index in [4.69, 9.17) is 5.73 Å². The maximum absolute atomic E-state index is 11.1. The highest BCUT2D eigenvalue weighted by Crippen LogP contribution is 2.11. The van der Waals surface area contributed by atoms with E-state index in [-0.39, 0.29) is 5.91 Å². The molecule has 25 heavy (non-hydrogen) atoms. The van der Waals surface area contributed by atoms with Gasteiger partial charge in [0.25, 0.3) is 0 Å². The predicted octanol–water partition coefficient (Wildman–Crippen LogP) is 4.25. The average molecular weight is 354 g/mol. The number of unbranched alkanes of at least 4 members (excludes halogenated alkanes) is 9. The molecule has 0 heterocycles. The number of carbonyl (C=O) groups is 1. The Kier molecular flexibility index (Phi) is 18.8. The Bertz CT molecular complexity index is 308. The first kappa shape index (κ1) is 24.1. The van der Waals surface area contributed by atoms with Gasteiger partial charge in [-0.05, 0) is 51.5 Å². The highest BCUT2D eigenvalue weighted by Gasteiger charge is 2.04. The minimum Gasteiger partial charge on any atom is -0.353 e. The normalized spacial score (nSPS) is 11.0. The predicted molar refractivity (Wildman–Crippen MR) is 110 cm³/mol. The highest BCUT2D eigenvalue weighted by atomic mass is 16.1. The molecule has 1 amide bonds. The Balaban J connectivity index is 3.60. The second kappa shape index (κ2) is 19.5. The number of hydrogen-bond acceptors (Lipinski definition) is 3. The first-order chi connectivity index (χ1) is 12.2. The van der Waals surface area contributed by atoms with Crippen LogP contribution in [0.25, 0.3) is 0 Å². The molecule has 0 aliphatic heterocycles. The molecule has 0 aromatic rings. The van der Waals surface area contributed by atoms with E-state index in [9.17, 15) is 4.79 Å². The Morgan fingerprint density at radius 1 is 0.880 bits per heavy atom. The molecule has 0 atom stereocenters. The molecular formula is C21H43N3O. The molecule has 0 aromatic carbocycles. The van der Waals surface area contributed by atoms with E-state index in [0.717, 1.165) is 45.6 Å². The van der Waals surface area contributed by atoms with Gasteiger partial charge >= 0.3 is 0 Å². The van der Waals surface area contributed by atoms with Gasteiger partial charge in [0, 0.05) is 6.54 Å². The Labute approximate surface area is 156 Å². The van der Waals surface area contributed by atoms with Gasteiger partial charge in [-0.2, -0.15) is 0 Å². The lowest BCUT2D eigenvalue weighted by molar-refractivity contribution is -0.116. The lowest BCUT2D eigenvalue weighted by Crippen LogP contribution is -2.31. The fourth-order valence-electron chi connectivity index (χ4n) is 3.06. The molecule has 0 aromatic heterocycles. The molecule has 0 saturated carbocycles. The summed E-state index contributed by atoms with van der Waals surface area (Å²) in [6.45, 7) is 10.5. The minimum absolute atomic E-state index is 0.0804. The van der Waals surface area contributed by atoms with Crippen LogP contribution in [0.1, 0.15) is 84.0 Å². The van der Waals surface area contributed by atoms with Gasteiger partial charge in [-0.25, -0.2) is 0 Å². The summed E-state index contributed by atoms with van der Waals surface area (Å²) < 4.78 is 0. The van der Waals surface area contributed by atoms with E-state index in [1.807, 2.05) is 0 Å². The van der Waals surface area contributed by atoms with Gasteiger partial charge in [-0.15, -0.1) is 0 Å². The standard InChI is InChI=1S/C21H43N3O/c1-3-5-6-7-8-9-10-11-12-13-18-24(19-14-16-22)20-15-17-23-21(25)4-2/h4H,2-3,5-20,22H2,1H3,(H,23,25).